The van der Waals surface area contributed by atoms with E-state index in [1.807, 2.05) is 20.8 Å². The number of amides is 3. The van der Waals surface area contributed by atoms with Crippen LogP contribution in [0.4, 0.5) is 22.0 Å². The van der Waals surface area contributed by atoms with Crippen molar-refractivity contribution in [3.63, 3.8) is 0 Å². The van der Waals surface area contributed by atoms with E-state index in [-0.39, 0.29) is 30.5 Å². The second-order valence-electron chi connectivity index (χ2n) is 11.9. The van der Waals surface area contributed by atoms with Gasteiger partial charge in [0.15, 0.2) is 23.2 Å². The van der Waals surface area contributed by atoms with Crippen molar-refractivity contribution in [3.05, 3.63) is 65.1 Å². The molecule has 44 heavy (non-hydrogen) atoms. The minimum atomic E-state index is -1.85. The van der Waals surface area contributed by atoms with Crippen LogP contribution in [0.2, 0.25) is 0 Å². The average Bonchev–Trinajstić information content (AvgIpc) is 3.52. The molecule has 9 nitrogen and oxygen atoms in total. The number of carbonyl (C=O) groups excluding carboxylic acids is 4. The lowest BCUT2D eigenvalue weighted by Gasteiger charge is -2.30. The fourth-order valence-corrected chi connectivity index (χ4v) is 5.23. The second-order valence-corrected chi connectivity index (χ2v) is 11.9. The molecule has 0 unspecified atom stereocenters. The lowest BCUT2D eigenvalue weighted by atomic mass is 9.87. The Morgan fingerprint density at radius 3 is 2.30 bits per heavy atom. The number of Topliss-reactive ketones (excluding diaryl/α,β-unsaturated/α-hetero) is 1. The second kappa shape index (κ2) is 12.6. The third-order valence-corrected chi connectivity index (χ3v) is 7.29. The van der Waals surface area contributed by atoms with E-state index in [1.54, 1.807) is 0 Å². The Kier molecular flexibility index (Phi) is 9.30. The standard InChI is InChI=1S/C30H31F5N4O5/c1-30(2,3)12-22(39-20-5-4-16(31)8-15(20)10-21(39)27(36)41)29(43)38-19(9-14-6-7-37-28(14)42)23(40)13-44-26-24(34)17(32)11-18(33)25(26)35/h4-5,8,10-11,14,19,22H,6-7,9,12-13H2,1-3H3,(H2,36,41)(H,37,42)(H,38,43)/t14-,19-,22-/m0/s1. The number of halogens is 5. The Morgan fingerprint density at radius 1 is 1.07 bits per heavy atom. The highest BCUT2D eigenvalue weighted by Crippen LogP contribution is 2.34. The number of primary amides is 1. The Balaban J connectivity index is 1.69. The molecule has 1 aliphatic rings. The molecule has 0 saturated carbocycles. The first-order valence-corrected chi connectivity index (χ1v) is 13.7. The number of ketones is 1. The zero-order valence-electron chi connectivity index (χ0n) is 24.1. The van der Waals surface area contributed by atoms with Gasteiger partial charge in [0, 0.05) is 29.4 Å². The van der Waals surface area contributed by atoms with Gasteiger partial charge in [-0.25, -0.2) is 13.2 Å². The fourth-order valence-electron chi connectivity index (χ4n) is 5.23. The average molecular weight is 623 g/mol. The van der Waals surface area contributed by atoms with Gasteiger partial charge in [0.2, 0.25) is 23.4 Å². The largest absolute Gasteiger partial charge is 0.479 e. The smallest absolute Gasteiger partial charge is 0.265 e. The summed E-state index contributed by atoms with van der Waals surface area (Å²) in [5.74, 6) is -13.0. The van der Waals surface area contributed by atoms with E-state index in [2.05, 4.69) is 10.6 Å². The lowest BCUT2D eigenvalue weighted by Crippen LogP contribution is -2.48. The number of hydrogen-bond acceptors (Lipinski definition) is 5. The van der Waals surface area contributed by atoms with Crippen molar-refractivity contribution in [1.29, 1.82) is 0 Å². The number of nitrogens with two attached hydrogens (primary N) is 1. The summed E-state index contributed by atoms with van der Waals surface area (Å²) < 4.78 is 75.8. The topological polar surface area (TPSA) is 133 Å². The van der Waals surface area contributed by atoms with Gasteiger partial charge in [-0.05, 0) is 48.9 Å². The molecule has 3 atom stereocenters. The third kappa shape index (κ3) is 7.00. The number of aromatic nitrogens is 1. The number of fused-ring (bicyclic) bond motifs is 1. The van der Waals surface area contributed by atoms with Crippen LogP contribution in [-0.2, 0) is 14.4 Å². The summed E-state index contributed by atoms with van der Waals surface area (Å²) in [6.45, 7) is 4.67. The summed E-state index contributed by atoms with van der Waals surface area (Å²) in [4.78, 5) is 52.1. The van der Waals surface area contributed by atoms with Crippen LogP contribution >= 0.6 is 0 Å². The van der Waals surface area contributed by atoms with Crippen LogP contribution in [-0.4, -0.2) is 47.3 Å². The number of rotatable bonds is 11. The van der Waals surface area contributed by atoms with Crippen molar-refractivity contribution in [2.75, 3.05) is 13.2 Å². The molecular formula is C30H31F5N4O5. The number of ether oxygens (including phenoxy) is 1. The molecule has 1 fully saturated rings. The van der Waals surface area contributed by atoms with E-state index in [0.717, 1.165) is 6.07 Å². The van der Waals surface area contributed by atoms with Crippen molar-refractivity contribution in [1.82, 2.24) is 15.2 Å². The fraction of sp³-hybridized carbons (Fsp3) is 0.400. The molecule has 4 rings (SSSR count). The molecule has 1 aromatic heterocycles. The summed E-state index contributed by atoms with van der Waals surface area (Å²) in [7, 11) is 0. The summed E-state index contributed by atoms with van der Waals surface area (Å²) >= 11 is 0. The zero-order valence-corrected chi connectivity index (χ0v) is 24.1. The summed E-state index contributed by atoms with van der Waals surface area (Å²) in [5, 5.41) is 5.48. The van der Waals surface area contributed by atoms with Crippen molar-refractivity contribution >= 4 is 34.4 Å². The van der Waals surface area contributed by atoms with Crippen molar-refractivity contribution in [3.8, 4) is 5.75 Å². The third-order valence-electron chi connectivity index (χ3n) is 7.29. The van der Waals surface area contributed by atoms with Gasteiger partial charge in [-0.3, -0.25) is 19.2 Å². The van der Waals surface area contributed by atoms with Gasteiger partial charge in [-0.1, -0.05) is 20.8 Å². The quantitative estimate of drug-likeness (QED) is 0.219. The lowest BCUT2D eigenvalue weighted by molar-refractivity contribution is -0.132. The molecule has 1 aliphatic heterocycles. The van der Waals surface area contributed by atoms with Gasteiger partial charge in [0.25, 0.3) is 5.91 Å². The van der Waals surface area contributed by atoms with Crippen molar-refractivity contribution in [2.45, 2.75) is 52.1 Å². The van der Waals surface area contributed by atoms with Crippen molar-refractivity contribution in [2.24, 2.45) is 17.1 Å². The van der Waals surface area contributed by atoms with Gasteiger partial charge < -0.3 is 25.7 Å². The Bertz CT molecular complexity index is 1610. The minimum Gasteiger partial charge on any atom is -0.479 e. The van der Waals surface area contributed by atoms with Crippen LogP contribution in [0, 0.1) is 40.4 Å². The maximum atomic E-state index is 14.2. The van der Waals surface area contributed by atoms with Crippen LogP contribution in [0.1, 0.15) is 56.6 Å². The SMILES string of the molecule is CC(C)(C)C[C@@H](C(=O)N[C@@H](C[C@@H]1CCNC1=O)C(=O)COc1c(F)c(F)cc(F)c1F)n1c(C(N)=O)cc2cc(F)ccc21. The molecule has 1 saturated heterocycles. The Morgan fingerprint density at radius 2 is 1.73 bits per heavy atom. The summed E-state index contributed by atoms with van der Waals surface area (Å²) in [5.41, 5.74) is 5.28. The molecule has 2 heterocycles. The van der Waals surface area contributed by atoms with E-state index >= 15 is 0 Å². The van der Waals surface area contributed by atoms with Gasteiger partial charge in [-0.2, -0.15) is 8.78 Å². The maximum absolute atomic E-state index is 14.2. The molecule has 2 aromatic carbocycles. The molecule has 236 valence electrons. The minimum absolute atomic E-state index is 0.0177. The van der Waals surface area contributed by atoms with E-state index in [9.17, 15) is 41.1 Å². The van der Waals surface area contributed by atoms with Crippen LogP contribution < -0.4 is 21.1 Å². The normalized spacial score (nSPS) is 16.5. The predicted molar refractivity (Wildman–Crippen MR) is 148 cm³/mol. The molecule has 3 amide bonds. The highest BCUT2D eigenvalue weighted by atomic mass is 19.2. The van der Waals surface area contributed by atoms with Crippen LogP contribution in [0.25, 0.3) is 10.9 Å². The maximum Gasteiger partial charge on any atom is 0.265 e. The van der Waals surface area contributed by atoms with Crippen LogP contribution in [0.5, 0.6) is 5.75 Å². The van der Waals surface area contributed by atoms with Gasteiger partial charge in [0.1, 0.15) is 24.2 Å². The molecule has 14 heteroatoms. The Labute approximate surface area is 248 Å². The monoisotopic (exact) mass is 622 g/mol. The molecular weight excluding hydrogens is 591 g/mol. The molecule has 3 aromatic rings. The van der Waals surface area contributed by atoms with Gasteiger partial charge >= 0.3 is 0 Å². The number of carbonyl (C=O) groups is 4. The highest BCUT2D eigenvalue weighted by Gasteiger charge is 2.36. The number of hydrogen-bond donors (Lipinski definition) is 3. The van der Waals surface area contributed by atoms with Gasteiger partial charge in [-0.15, -0.1) is 0 Å². The first-order valence-electron chi connectivity index (χ1n) is 13.7. The van der Waals surface area contributed by atoms with Gasteiger partial charge in [0.05, 0.1) is 6.04 Å². The highest BCUT2D eigenvalue weighted by molar-refractivity contribution is 6.00. The number of benzene rings is 2. The van der Waals surface area contributed by atoms with Crippen LogP contribution in [0.15, 0.2) is 30.3 Å². The first kappa shape index (κ1) is 32.4. The summed E-state index contributed by atoms with van der Waals surface area (Å²) in [6, 6.07) is 2.37. The molecule has 4 N–H and O–H groups in total. The van der Waals surface area contributed by atoms with Crippen LogP contribution in [0.3, 0.4) is 0 Å². The molecule has 0 bridgehead atoms. The Hall–Kier alpha value is -4.49. The number of nitrogens with zero attached hydrogens (tertiary/aromatic N) is 1. The molecule has 0 radical (unpaired) electrons. The van der Waals surface area contributed by atoms with E-state index < -0.39 is 82.5 Å². The van der Waals surface area contributed by atoms with E-state index in [0.29, 0.717) is 23.9 Å². The zero-order chi connectivity index (χ0) is 32.5. The first-order chi connectivity index (χ1) is 20.6. The summed E-state index contributed by atoms with van der Waals surface area (Å²) in [6.07, 6.45) is 0.189. The van der Waals surface area contributed by atoms with Crippen molar-refractivity contribution < 1.29 is 45.9 Å². The van der Waals surface area contributed by atoms with E-state index in [1.165, 1.54) is 22.8 Å². The van der Waals surface area contributed by atoms with E-state index in [4.69, 9.17) is 10.5 Å². The number of nitrogens with one attached hydrogen (secondary N) is 2. The molecule has 0 spiro atoms. The predicted octanol–water partition coefficient (Wildman–Crippen LogP) is 4.07. The molecule has 0 aliphatic carbocycles.